The van der Waals surface area contributed by atoms with Gasteiger partial charge in [0.25, 0.3) is 5.56 Å². The molecule has 1 aliphatic carbocycles. The van der Waals surface area contributed by atoms with E-state index in [4.69, 9.17) is 10.8 Å². The monoisotopic (exact) mass is 457 g/mol. The van der Waals surface area contributed by atoms with Crippen LogP contribution in [0.5, 0.6) is 0 Å². The van der Waals surface area contributed by atoms with Crippen molar-refractivity contribution in [1.82, 2.24) is 30.6 Å². The van der Waals surface area contributed by atoms with Gasteiger partial charge in [0.2, 0.25) is 11.9 Å². The summed E-state index contributed by atoms with van der Waals surface area (Å²) in [6.45, 7) is 3.62. The number of nitrogens with one attached hydrogen (secondary N) is 3. The van der Waals surface area contributed by atoms with Crippen LogP contribution >= 0.6 is 0 Å². The van der Waals surface area contributed by atoms with Crippen LogP contribution in [0.25, 0.3) is 11.2 Å². The van der Waals surface area contributed by atoms with Crippen molar-refractivity contribution in [2.45, 2.75) is 37.9 Å². The molecule has 3 unspecified atom stereocenters. The van der Waals surface area contributed by atoms with Crippen molar-refractivity contribution < 1.29 is 24.6 Å². The highest BCUT2D eigenvalue weighted by Gasteiger charge is 2.27. The molecule has 13 nitrogen and oxygen atoms in total. The fourth-order valence-electron chi connectivity index (χ4n) is 3.31. The fourth-order valence-corrected chi connectivity index (χ4v) is 3.31. The van der Waals surface area contributed by atoms with E-state index in [1.165, 1.54) is 6.20 Å². The zero-order valence-electron chi connectivity index (χ0n) is 17.4. The minimum atomic E-state index is -1.37. The van der Waals surface area contributed by atoms with Crippen molar-refractivity contribution in [3.05, 3.63) is 46.5 Å². The molecule has 0 saturated heterocycles. The first-order valence-corrected chi connectivity index (χ1v) is 10.0. The summed E-state index contributed by atoms with van der Waals surface area (Å²) in [5.41, 5.74) is 5.46. The lowest BCUT2D eigenvalue weighted by Crippen LogP contribution is -2.44. The van der Waals surface area contributed by atoms with Crippen LogP contribution < -0.4 is 21.9 Å². The third-order valence-electron chi connectivity index (χ3n) is 5.10. The Hall–Kier alpha value is -4.13. The zero-order chi connectivity index (χ0) is 24.1. The number of hydrogen-bond donors (Lipinski definition) is 6. The van der Waals surface area contributed by atoms with Gasteiger partial charge in [-0.05, 0) is 12.8 Å². The van der Waals surface area contributed by atoms with Crippen LogP contribution in [0.1, 0.15) is 25.0 Å². The predicted molar refractivity (Wildman–Crippen MR) is 116 cm³/mol. The molecule has 7 N–H and O–H groups in total. The van der Waals surface area contributed by atoms with E-state index in [2.05, 4.69) is 37.1 Å². The number of H-pyrrole nitrogens is 1. The molecule has 2 aromatic rings. The third-order valence-corrected chi connectivity index (χ3v) is 5.10. The maximum Gasteiger partial charge on any atom is 0.331 e. The summed E-state index contributed by atoms with van der Waals surface area (Å²) in [4.78, 5) is 61.3. The number of rotatable bonds is 9. The largest absolute Gasteiger partial charge is 0.480 e. The second kappa shape index (κ2) is 9.99. The Bertz CT molecular complexity index is 1190. The van der Waals surface area contributed by atoms with Crippen LogP contribution in [-0.2, 0) is 20.9 Å². The van der Waals surface area contributed by atoms with Gasteiger partial charge in [-0.15, -0.1) is 0 Å². The van der Waals surface area contributed by atoms with E-state index in [0.29, 0.717) is 25.1 Å². The van der Waals surface area contributed by atoms with E-state index in [-0.39, 0.29) is 28.7 Å². The summed E-state index contributed by atoms with van der Waals surface area (Å²) in [5, 5.41) is 23.7. The lowest BCUT2D eigenvalue weighted by atomic mass is 9.91. The van der Waals surface area contributed by atoms with Gasteiger partial charge in [-0.25, -0.2) is 19.6 Å². The highest BCUT2D eigenvalue weighted by molar-refractivity contribution is 5.90. The molecule has 0 saturated carbocycles. The topological polar surface area (TPSA) is 213 Å². The lowest BCUT2D eigenvalue weighted by Gasteiger charge is -2.24. The number of amides is 1. The van der Waals surface area contributed by atoms with Crippen LogP contribution in [0.4, 0.5) is 5.95 Å². The molecular weight excluding hydrogens is 434 g/mol. The van der Waals surface area contributed by atoms with Crippen molar-refractivity contribution in [2.24, 2.45) is 5.92 Å². The maximum absolute atomic E-state index is 12.4. The molecule has 13 heteroatoms. The van der Waals surface area contributed by atoms with Crippen molar-refractivity contribution in [1.29, 1.82) is 0 Å². The molecule has 0 bridgehead atoms. The van der Waals surface area contributed by atoms with Crippen molar-refractivity contribution in [2.75, 3.05) is 5.73 Å². The number of aliphatic carboxylic acids is 2. The molecule has 3 atom stereocenters. The molecule has 0 radical (unpaired) electrons. The second-order valence-corrected chi connectivity index (χ2v) is 7.55. The van der Waals surface area contributed by atoms with Crippen molar-refractivity contribution >= 4 is 35.0 Å². The molecule has 0 aliphatic heterocycles. The maximum atomic E-state index is 12.4. The molecule has 0 aromatic carbocycles. The van der Waals surface area contributed by atoms with Gasteiger partial charge in [0.05, 0.1) is 17.8 Å². The minimum absolute atomic E-state index is 0.0416. The average Bonchev–Trinajstić information content (AvgIpc) is 2.77. The van der Waals surface area contributed by atoms with Gasteiger partial charge in [0.15, 0.2) is 11.2 Å². The number of carbonyl (C=O) groups is 3. The van der Waals surface area contributed by atoms with Crippen molar-refractivity contribution in [3.63, 3.8) is 0 Å². The quantitative estimate of drug-likeness (QED) is 0.205. The smallest absolute Gasteiger partial charge is 0.331 e. The van der Waals surface area contributed by atoms with Gasteiger partial charge in [-0.1, -0.05) is 18.7 Å². The van der Waals surface area contributed by atoms with Gasteiger partial charge in [0.1, 0.15) is 6.04 Å². The first-order valence-electron chi connectivity index (χ1n) is 10.0. The summed E-state index contributed by atoms with van der Waals surface area (Å²) in [5.74, 6) is -3.73. The van der Waals surface area contributed by atoms with Crippen LogP contribution in [0.3, 0.4) is 0 Å². The van der Waals surface area contributed by atoms with Gasteiger partial charge < -0.3 is 26.6 Å². The summed E-state index contributed by atoms with van der Waals surface area (Å²) < 4.78 is 0. The highest BCUT2D eigenvalue weighted by atomic mass is 16.4. The summed E-state index contributed by atoms with van der Waals surface area (Å²) in [6, 6.07) is -1.44. The number of nitrogens with two attached hydrogens (primary N) is 1. The normalized spacial score (nSPS) is 18.5. The van der Waals surface area contributed by atoms with Gasteiger partial charge in [-0.2, -0.15) is 4.98 Å². The second-order valence-electron chi connectivity index (χ2n) is 7.55. The number of carboxylic acids is 2. The van der Waals surface area contributed by atoms with Crippen LogP contribution in [0, 0.1) is 5.92 Å². The first-order chi connectivity index (χ1) is 15.6. The zero-order valence-corrected chi connectivity index (χ0v) is 17.4. The standard InChI is InChI=1S/C20H23N7O6/c1-9(18(30)31)6-13(19(32)33)25-16(28)10-2-4-11(5-3-10)22-7-12-8-23-15-14(24-12)17(29)27-20(21)26-15/h2,4,8,10-11,13,22H,1,3,5-7H2,(H,25,28)(H,30,31)(H,32,33)(H3,21,23,26,27,29). The Balaban J connectivity index is 1.56. The van der Waals surface area contributed by atoms with Gasteiger partial charge in [-0.3, -0.25) is 14.6 Å². The van der Waals surface area contributed by atoms with E-state index in [1.807, 2.05) is 0 Å². The Morgan fingerprint density at radius 1 is 1.24 bits per heavy atom. The minimum Gasteiger partial charge on any atom is -0.480 e. The lowest BCUT2D eigenvalue weighted by molar-refractivity contribution is -0.142. The van der Waals surface area contributed by atoms with Gasteiger partial charge in [0, 0.05) is 24.6 Å². The molecule has 33 heavy (non-hydrogen) atoms. The summed E-state index contributed by atoms with van der Waals surface area (Å²) in [6.07, 6.45) is 5.61. The van der Waals surface area contributed by atoms with E-state index < -0.39 is 41.8 Å². The number of carbonyl (C=O) groups excluding carboxylic acids is 1. The third kappa shape index (κ3) is 5.98. The number of hydrogen-bond acceptors (Lipinski definition) is 9. The molecule has 0 spiro atoms. The number of nitrogens with zero attached hydrogens (tertiary/aromatic N) is 3. The first kappa shape index (κ1) is 23.5. The van der Waals surface area contributed by atoms with Crippen LogP contribution in [0.2, 0.25) is 0 Å². The van der Waals surface area contributed by atoms with E-state index in [0.717, 1.165) is 0 Å². The highest BCUT2D eigenvalue weighted by Crippen LogP contribution is 2.19. The molecule has 2 aromatic heterocycles. The molecule has 3 rings (SSSR count). The van der Waals surface area contributed by atoms with Crippen LogP contribution in [0.15, 0.2) is 35.3 Å². The van der Waals surface area contributed by atoms with Crippen LogP contribution in [-0.4, -0.2) is 60.1 Å². The number of aromatic amines is 1. The van der Waals surface area contributed by atoms with E-state index >= 15 is 0 Å². The summed E-state index contributed by atoms with van der Waals surface area (Å²) in [7, 11) is 0. The Morgan fingerprint density at radius 3 is 2.64 bits per heavy atom. The molecule has 2 heterocycles. The molecule has 1 amide bonds. The van der Waals surface area contributed by atoms with E-state index in [9.17, 15) is 24.3 Å². The number of anilines is 1. The Kier molecular flexibility index (Phi) is 7.13. The number of aromatic nitrogens is 4. The SMILES string of the molecule is C=C(CC(NC(=O)C1C=CC(NCc2cnc3nc(N)[nH]c(=O)c3n2)CC1)C(=O)O)C(=O)O. The molecule has 0 fully saturated rings. The number of nitrogen functional groups attached to an aromatic ring is 1. The number of carboxylic acid groups (broad SMARTS) is 2. The Morgan fingerprint density at radius 2 is 2.00 bits per heavy atom. The van der Waals surface area contributed by atoms with Gasteiger partial charge >= 0.3 is 11.9 Å². The number of fused-ring (bicyclic) bond motifs is 1. The summed E-state index contributed by atoms with van der Waals surface area (Å²) >= 11 is 0. The predicted octanol–water partition coefficient (Wildman–Crippen LogP) is -0.680. The Labute approximate surface area is 186 Å². The molecule has 1 aliphatic rings. The fraction of sp³-hybridized carbons (Fsp3) is 0.350. The average molecular weight is 457 g/mol. The molecule has 174 valence electrons. The van der Waals surface area contributed by atoms with E-state index in [1.54, 1.807) is 12.2 Å². The molecular formula is C20H23N7O6. The van der Waals surface area contributed by atoms with Crippen molar-refractivity contribution in [3.8, 4) is 0 Å².